The zero-order valence-corrected chi connectivity index (χ0v) is 16.4. The van der Waals surface area contributed by atoms with E-state index < -0.39 is 29.5 Å². The minimum atomic E-state index is -4.53. The molecular weight excluding hydrogens is 411 g/mol. The number of halogens is 3. The van der Waals surface area contributed by atoms with Gasteiger partial charge in [0.25, 0.3) is 5.91 Å². The van der Waals surface area contributed by atoms with Crippen molar-refractivity contribution in [2.45, 2.75) is 31.5 Å². The molecule has 3 amide bonds. The van der Waals surface area contributed by atoms with E-state index in [0.29, 0.717) is 11.3 Å². The number of carbonyl (C=O) groups excluding carboxylic acids is 3. The molecule has 1 saturated carbocycles. The number of hydrogen-bond donors (Lipinski definition) is 2. The molecule has 162 valence electrons. The highest BCUT2D eigenvalue weighted by Crippen LogP contribution is 2.33. The summed E-state index contributed by atoms with van der Waals surface area (Å²) in [5.74, 6) is -1.93. The predicted octanol–water partition coefficient (Wildman–Crippen LogP) is 3.59. The van der Waals surface area contributed by atoms with Gasteiger partial charge < -0.3 is 15.5 Å². The van der Waals surface area contributed by atoms with Crippen LogP contribution in [0.5, 0.6) is 0 Å². The number of nitrogens with zero attached hydrogens (tertiary/aromatic N) is 1. The standard InChI is InChI=1S/C22H20F3N3O3/c23-22(24,25)14-4-3-5-16(11-14)28-12-13(10-19(28)29)20(30)27-18-7-2-1-6-17(18)21(31)26-15-8-9-15/h1-7,11,13,15H,8-10,12H2,(H,26,31)(H,27,30)/t13-/m1/s1. The fourth-order valence-corrected chi connectivity index (χ4v) is 3.50. The summed E-state index contributed by atoms with van der Waals surface area (Å²) in [6.07, 6.45) is -2.80. The molecule has 31 heavy (non-hydrogen) atoms. The van der Waals surface area contributed by atoms with Crippen LogP contribution in [0.4, 0.5) is 24.5 Å². The van der Waals surface area contributed by atoms with E-state index >= 15 is 0 Å². The van der Waals surface area contributed by atoms with E-state index in [1.807, 2.05) is 0 Å². The fraction of sp³-hybridized carbons (Fsp3) is 0.318. The first-order valence-electron chi connectivity index (χ1n) is 9.91. The van der Waals surface area contributed by atoms with Crippen molar-refractivity contribution in [2.75, 3.05) is 16.8 Å². The van der Waals surface area contributed by atoms with Gasteiger partial charge in [-0.1, -0.05) is 18.2 Å². The Bertz CT molecular complexity index is 1030. The number of para-hydroxylation sites is 1. The van der Waals surface area contributed by atoms with Crippen LogP contribution in [0.2, 0.25) is 0 Å². The van der Waals surface area contributed by atoms with Gasteiger partial charge in [0.05, 0.1) is 22.7 Å². The number of anilines is 2. The van der Waals surface area contributed by atoms with Gasteiger partial charge in [-0.2, -0.15) is 13.2 Å². The summed E-state index contributed by atoms with van der Waals surface area (Å²) in [7, 11) is 0. The van der Waals surface area contributed by atoms with E-state index in [1.165, 1.54) is 17.0 Å². The molecule has 4 rings (SSSR count). The van der Waals surface area contributed by atoms with Crippen LogP contribution in [0.25, 0.3) is 0 Å². The van der Waals surface area contributed by atoms with Crippen molar-refractivity contribution in [3.63, 3.8) is 0 Å². The zero-order valence-electron chi connectivity index (χ0n) is 16.4. The van der Waals surface area contributed by atoms with E-state index in [2.05, 4.69) is 10.6 Å². The van der Waals surface area contributed by atoms with Gasteiger partial charge in [0.15, 0.2) is 0 Å². The van der Waals surface area contributed by atoms with Crippen LogP contribution < -0.4 is 15.5 Å². The van der Waals surface area contributed by atoms with Crippen LogP contribution in [0.1, 0.15) is 35.2 Å². The number of nitrogens with one attached hydrogen (secondary N) is 2. The largest absolute Gasteiger partial charge is 0.416 e. The molecule has 0 bridgehead atoms. The number of benzene rings is 2. The van der Waals surface area contributed by atoms with Crippen molar-refractivity contribution in [3.8, 4) is 0 Å². The Morgan fingerprint density at radius 2 is 1.77 bits per heavy atom. The van der Waals surface area contributed by atoms with Gasteiger partial charge >= 0.3 is 6.18 Å². The quantitative estimate of drug-likeness (QED) is 0.760. The zero-order chi connectivity index (χ0) is 22.2. The van der Waals surface area contributed by atoms with Gasteiger partial charge in [0, 0.05) is 24.7 Å². The van der Waals surface area contributed by atoms with E-state index in [9.17, 15) is 27.6 Å². The summed E-state index contributed by atoms with van der Waals surface area (Å²) in [6, 6.07) is 11.2. The average molecular weight is 431 g/mol. The number of carbonyl (C=O) groups is 3. The summed E-state index contributed by atoms with van der Waals surface area (Å²) in [5.41, 5.74) is -0.113. The lowest BCUT2D eigenvalue weighted by Gasteiger charge is -2.18. The smallest absolute Gasteiger partial charge is 0.349 e. The first kappa shape index (κ1) is 20.9. The number of rotatable bonds is 5. The maximum absolute atomic E-state index is 13.0. The maximum Gasteiger partial charge on any atom is 0.416 e. The molecule has 2 aromatic rings. The van der Waals surface area contributed by atoms with E-state index in [0.717, 1.165) is 25.0 Å². The summed E-state index contributed by atoms with van der Waals surface area (Å²) >= 11 is 0. The molecule has 1 saturated heterocycles. The lowest BCUT2D eigenvalue weighted by atomic mass is 10.1. The minimum Gasteiger partial charge on any atom is -0.349 e. The number of hydrogen-bond acceptors (Lipinski definition) is 3. The lowest BCUT2D eigenvalue weighted by molar-refractivity contribution is -0.137. The third kappa shape index (κ3) is 4.70. The van der Waals surface area contributed by atoms with Crippen LogP contribution in [-0.4, -0.2) is 30.3 Å². The fourth-order valence-electron chi connectivity index (χ4n) is 3.50. The molecule has 2 aliphatic rings. The van der Waals surface area contributed by atoms with Crippen molar-refractivity contribution >= 4 is 29.1 Å². The molecular formula is C22H20F3N3O3. The molecule has 1 aliphatic heterocycles. The highest BCUT2D eigenvalue weighted by molar-refractivity contribution is 6.07. The van der Waals surface area contributed by atoms with Crippen LogP contribution in [0.15, 0.2) is 48.5 Å². The van der Waals surface area contributed by atoms with Crippen molar-refractivity contribution < 1.29 is 27.6 Å². The predicted molar refractivity (Wildman–Crippen MR) is 107 cm³/mol. The Hall–Kier alpha value is -3.36. The third-order valence-corrected chi connectivity index (χ3v) is 5.32. The summed E-state index contributed by atoms with van der Waals surface area (Å²) in [5, 5.41) is 5.56. The molecule has 1 heterocycles. The second-order valence-electron chi connectivity index (χ2n) is 7.74. The molecule has 1 aliphatic carbocycles. The molecule has 0 unspecified atom stereocenters. The Labute approximate surface area is 176 Å². The molecule has 2 aromatic carbocycles. The average Bonchev–Trinajstić information content (AvgIpc) is 3.46. The normalized spacial score (nSPS) is 18.7. The molecule has 0 radical (unpaired) electrons. The van der Waals surface area contributed by atoms with Gasteiger partial charge in [-0.15, -0.1) is 0 Å². The van der Waals surface area contributed by atoms with E-state index in [-0.39, 0.29) is 30.6 Å². The van der Waals surface area contributed by atoms with Gasteiger partial charge in [0.2, 0.25) is 11.8 Å². The van der Waals surface area contributed by atoms with Gasteiger partial charge in [-0.3, -0.25) is 14.4 Å². The van der Waals surface area contributed by atoms with E-state index in [1.54, 1.807) is 24.3 Å². The molecule has 0 spiro atoms. The highest BCUT2D eigenvalue weighted by atomic mass is 19.4. The Morgan fingerprint density at radius 1 is 1.03 bits per heavy atom. The Morgan fingerprint density at radius 3 is 2.48 bits per heavy atom. The molecule has 2 fully saturated rings. The molecule has 2 N–H and O–H groups in total. The van der Waals surface area contributed by atoms with Crippen molar-refractivity contribution in [1.29, 1.82) is 0 Å². The molecule has 0 aromatic heterocycles. The Kier molecular flexibility index (Phi) is 5.43. The van der Waals surface area contributed by atoms with Gasteiger partial charge in [0.1, 0.15) is 0 Å². The highest BCUT2D eigenvalue weighted by Gasteiger charge is 2.37. The molecule has 9 heteroatoms. The van der Waals surface area contributed by atoms with Gasteiger partial charge in [-0.05, 0) is 43.2 Å². The van der Waals surface area contributed by atoms with E-state index in [4.69, 9.17) is 0 Å². The minimum absolute atomic E-state index is 0.0393. The maximum atomic E-state index is 13.0. The topological polar surface area (TPSA) is 78.5 Å². The summed E-state index contributed by atoms with van der Waals surface area (Å²) in [4.78, 5) is 38.8. The van der Waals surface area contributed by atoms with Crippen LogP contribution in [0.3, 0.4) is 0 Å². The number of amides is 3. The molecule has 6 nitrogen and oxygen atoms in total. The lowest BCUT2D eigenvalue weighted by Crippen LogP contribution is -2.30. The summed E-state index contributed by atoms with van der Waals surface area (Å²) in [6.45, 7) is -0.0393. The van der Waals surface area contributed by atoms with Crippen LogP contribution in [0, 0.1) is 5.92 Å². The third-order valence-electron chi connectivity index (χ3n) is 5.32. The van der Waals surface area contributed by atoms with Gasteiger partial charge in [-0.25, -0.2) is 0 Å². The monoisotopic (exact) mass is 431 g/mol. The van der Waals surface area contributed by atoms with Crippen molar-refractivity contribution in [1.82, 2.24) is 5.32 Å². The SMILES string of the molecule is O=C(NC1CC1)c1ccccc1NC(=O)[C@@H]1CC(=O)N(c2cccc(C(F)(F)F)c2)C1. The first-order chi connectivity index (χ1) is 14.7. The second-order valence-corrected chi connectivity index (χ2v) is 7.74. The van der Waals surface area contributed by atoms with Crippen molar-refractivity contribution in [2.24, 2.45) is 5.92 Å². The molecule has 1 atom stereocenters. The first-order valence-corrected chi connectivity index (χ1v) is 9.91. The number of alkyl halides is 3. The second kappa shape index (κ2) is 8.05. The van der Waals surface area contributed by atoms with Crippen LogP contribution >= 0.6 is 0 Å². The van der Waals surface area contributed by atoms with Crippen molar-refractivity contribution in [3.05, 3.63) is 59.7 Å². The summed E-state index contributed by atoms with van der Waals surface area (Å²) < 4.78 is 39.0. The van der Waals surface area contributed by atoms with Crippen LogP contribution in [-0.2, 0) is 15.8 Å². The Balaban J connectivity index is 1.47.